The Bertz CT molecular complexity index is 1330. The Balaban J connectivity index is 1.27. The first-order valence-electron chi connectivity index (χ1n) is 12.5. The lowest BCUT2D eigenvalue weighted by Crippen LogP contribution is -2.47. The maximum Gasteiger partial charge on any atom is 0.264 e. The summed E-state index contributed by atoms with van der Waals surface area (Å²) >= 11 is 1.22. The maximum atomic E-state index is 13.4. The average Bonchev–Trinajstić information content (AvgIpc) is 3.61. The van der Waals surface area contributed by atoms with Crippen LogP contribution in [0.1, 0.15) is 58.0 Å². The van der Waals surface area contributed by atoms with Gasteiger partial charge in [-0.2, -0.15) is 0 Å². The highest BCUT2D eigenvalue weighted by atomic mass is 32.1. The van der Waals surface area contributed by atoms with E-state index in [0.717, 1.165) is 29.8 Å². The van der Waals surface area contributed by atoms with Crippen LogP contribution in [0.3, 0.4) is 0 Å². The smallest absolute Gasteiger partial charge is 0.264 e. The Labute approximate surface area is 219 Å². The van der Waals surface area contributed by atoms with Gasteiger partial charge in [-0.15, -0.1) is 11.3 Å². The minimum atomic E-state index is -0.756. The Morgan fingerprint density at radius 1 is 1.24 bits per heavy atom. The second kappa shape index (κ2) is 10.4. The fourth-order valence-corrected chi connectivity index (χ4v) is 5.74. The molecule has 2 aliphatic heterocycles. The molecule has 1 fully saturated rings. The summed E-state index contributed by atoms with van der Waals surface area (Å²) in [4.78, 5) is 44.6. The lowest BCUT2D eigenvalue weighted by atomic mass is 9.98. The van der Waals surface area contributed by atoms with Crippen LogP contribution in [0.5, 0.6) is 0 Å². The standard InChI is InChI=1S/C26H30N6O4S/c1-4-17(13-27-24(34)22-16(3)28-25(37-22)20-12-15(2)30-36-20)23(33)29-21-19-9-6-5-8-18(19)14-31-10-7-11-32(31)26(21)35/h5-6,8-9,12,17,21H,4,7,10-11,13-14H2,1-3H3,(H,27,34)(H,29,33)/t17-,21+/m1/s1. The minimum absolute atomic E-state index is 0.120. The molecule has 37 heavy (non-hydrogen) atoms. The first-order chi connectivity index (χ1) is 17.9. The van der Waals surface area contributed by atoms with E-state index in [1.807, 2.05) is 38.1 Å². The molecule has 0 saturated carbocycles. The van der Waals surface area contributed by atoms with Crippen molar-refractivity contribution in [3.05, 3.63) is 57.7 Å². The van der Waals surface area contributed by atoms with Crippen LogP contribution in [0.4, 0.5) is 0 Å². The number of aromatic nitrogens is 2. The molecule has 11 heteroatoms. The summed E-state index contributed by atoms with van der Waals surface area (Å²) in [6, 6.07) is 8.77. The molecule has 194 valence electrons. The Morgan fingerprint density at radius 3 is 2.81 bits per heavy atom. The lowest BCUT2D eigenvalue weighted by Gasteiger charge is -2.28. The van der Waals surface area contributed by atoms with Crippen LogP contribution in [0.2, 0.25) is 0 Å². The van der Waals surface area contributed by atoms with Crippen molar-refractivity contribution >= 4 is 29.1 Å². The predicted molar refractivity (Wildman–Crippen MR) is 137 cm³/mol. The van der Waals surface area contributed by atoms with E-state index < -0.39 is 12.0 Å². The number of nitrogens with one attached hydrogen (secondary N) is 2. The number of hydrazine groups is 1. The van der Waals surface area contributed by atoms with Crippen molar-refractivity contribution in [1.29, 1.82) is 0 Å². The summed E-state index contributed by atoms with van der Waals surface area (Å²) in [5, 5.41) is 14.1. The van der Waals surface area contributed by atoms with Gasteiger partial charge < -0.3 is 15.2 Å². The van der Waals surface area contributed by atoms with Crippen LogP contribution < -0.4 is 10.6 Å². The summed E-state index contributed by atoms with van der Waals surface area (Å²) in [5.41, 5.74) is 3.17. The first kappa shape index (κ1) is 25.1. The zero-order valence-corrected chi connectivity index (χ0v) is 21.9. The number of aryl methyl sites for hydroxylation is 2. The molecule has 0 aliphatic carbocycles. The minimum Gasteiger partial charge on any atom is -0.353 e. The summed E-state index contributed by atoms with van der Waals surface area (Å²) in [7, 11) is 0. The van der Waals surface area contributed by atoms with E-state index >= 15 is 0 Å². The molecule has 10 nitrogen and oxygen atoms in total. The van der Waals surface area contributed by atoms with Gasteiger partial charge in [0, 0.05) is 32.2 Å². The number of nitrogens with zero attached hydrogens (tertiary/aromatic N) is 4. The normalized spacial score (nSPS) is 18.2. The fraction of sp³-hybridized carbons (Fsp3) is 0.423. The predicted octanol–water partition coefficient (Wildman–Crippen LogP) is 2.99. The van der Waals surface area contributed by atoms with Crippen LogP contribution in [-0.2, 0) is 16.1 Å². The Kier molecular flexibility index (Phi) is 7.07. The van der Waals surface area contributed by atoms with Crippen LogP contribution in [-0.4, -0.2) is 57.5 Å². The molecule has 5 rings (SSSR count). The van der Waals surface area contributed by atoms with E-state index in [9.17, 15) is 14.4 Å². The SMILES string of the molecule is CC[C@H](CNC(=O)c1sc(-c2cc(C)no2)nc1C)C(=O)N[C@@H]1C(=O)N2CCCN2Cc2ccccc21. The van der Waals surface area contributed by atoms with Crippen LogP contribution in [0.15, 0.2) is 34.9 Å². The second-order valence-corrected chi connectivity index (χ2v) is 10.4. The van der Waals surface area contributed by atoms with Gasteiger partial charge in [0.05, 0.1) is 17.3 Å². The molecular formula is C26H30N6O4S. The maximum absolute atomic E-state index is 13.4. The largest absolute Gasteiger partial charge is 0.353 e. The monoisotopic (exact) mass is 522 g/mol. The van der Waals surface area contributed by atoms with Crippen LogP contribution in [0.25, 0.3) is 10.8 Å². The molecule has 3 amide bonds. The van der Waals surface area contributed by atoms with Gasteiger partial charge in [-0.3, -0.25) is 19.4 Å². The lowest BCUT2D eigenvalue weighted by molar-refractivity contribution is -0.148. The summed E-state index contributed by atoms with van der Waals surface area (Å²) in [6.07, 6.45) is 1.42. The molecule has 3 aromatic rings. The zero-order chi connectivity index (χ0) is 26.1. The van der Waals surface area contributed by atoms with E-state index in [1.54, 1.807) is 18.0 Å². The molecule has 2 aliphatic rings. The Morgan fingerprint density at radius 2 is 2.05 bits per heavy atom. The molecule has 0 spiro atoms. The molecule has 4 heterocycles. The number of amides is 3. The molecule has 2 atom stereocenters. The number of hydrogen-bond acceptors (Lipinski definition) is 8. The molecule has 0 bridgehead atoms. The van der Waals surface area contributed by atoms with Crippen molar-refractivity contribution in [3.8, 4) is 10.8 Å². The molecule has 0 radical (unpaired) electrons. The van der Waals surface area contributed by atoms with Gasteiger partial charge in [0.1, 0.15) is 10.9 Å². The van der Waals surface area contributed by atoms with Gasteiger partial charge in [0.25, 0.3) is 11.8 Å². The molecule has 0 unspecified atom stereocenters. The number of rotatable bonds is 7. The molecule has 2 N–H and O–H groups in total. The van der Waals surface area contributed by atoms with E-state index in [4.69, 9.17) is 4.52 Å². The van der Waals surface area contributed by atoms with E-state index in [2.05, 4.69) is 25.8 Å². The molecular weight excluding hydrogens is 492 g/mol. The third-order valence-corrected chi connectivity index (χ3v) is 8.02. The number of carbonyl (C=O) groups is 3. The van der Waals surface area contributed by atoms with Crippen LogP contribution in [0, 0.1) is 19.8 Å². The van der Waals surface area contributed by atoms with Crippen molar-refractivity contribution in [1.82, 2.24) is 30.8 Å². The highest BCUT2D eigenvalue weighted by molar-refractivity contribution is 7.17. The van der Waals surface area contributed by atoms with Gasteiger partial charge in [0.2, 0.25) is 5.91 Å². The summed E-state index contributed by atoms with van der Waals surface area (Å²) in [5.74, 6) is -0.660. The van der Waals surface area contributed by atoms with Gasteiger partial charge in [0.15, 0.2) is 10.8 Å². The molecule has 1 saturated heterocycles. The summed E-state index contributed by atoms with van der Waals surface area (Å²) < 4.78 is 5.27. The number of hydrogen-bond donors (Lipinski definition) is 2. The summed E-state index contributed by atoms with van der Waals surface area (Å²) in [6.45, 7) is 7.73. The van der Waals surface area contributed by atoms with Gasteiger partial charge >= 0.3 is 0 Å². The topological polar surface area (TPSA) is 121 Å². The van der Waals surface area contributed by atoms with E-state index in [-0.39, 0.29) is 24.3 Å². The number of thiazole rings is 1. The average molecular weight is 523 g/mol. The quantitative estimate of drug-likeness (QED) is 0.489. The number of carbonyl (C=O) groups excluding carboxylic acids is 3. The first-order valence-corrected chi connectivity index (χ1v) is 13.3. The van der Waals surface area contributed by atoms with Crippen LogP contribution >= 0.6 is 11.3 Å². The highest BCUT2D eigenvalue weighted by Gasteiger charge is 2.38. The molecule has 1 aromatic carbocycles. The second-order valence-electron chi connectivity index (χ2n) is 9.42. The number of benzene rings is 1. The van der Waals surface area contributed by atoms with E-state index in [1.165, 1.54) is 11.3 Å². The van der Waals surface area contributed by atoms with Gasteiger partial charge in [-0.05, 0) is 37.8 Å². The van der Waals surface area contributed by atoms with Crippen molar-refractivity contribution in [3.63, 3.8) is 0 Å². The fourth-order valence-electron chi connectivity index (χ4n) is 4.81. The van der Waals surface area contributed by atoms with E-state index in [0.29, 0.717) is 40.8 Å². The zero-order valence-electron chi connectivity index (χ0n) is 21.1. The van der Waals surface area contributed by atoms with Gasteiger partial charge in [-0.25, -0.2) is 9.99 Å². The third kappa shape index (κ3) is 5.01. The third-order valence-electron chi connectivity index (χ3n) is 6.85. The van der Waals surface area contributed by atoms with Crippen molar-refractivity contribution in [2.75, 3.05) is 19.6 Å². The highest BCUT2D eigenvalue weighted by Crippen LogP contribution is 2.30. The number of fused-ring (bicyclic) bond motifs is 2. The van der Waals surface area contributed by atoms with Gasteiger partial charge in [-0.1, -0.05) is 36.3 Å². The van der Waals surface area contributed by atoms with Crippen molar-refractivity contribution < 1.29 is 18.9 Å². The Hall–Kier alpha value is -3.57. The van der Waals surface area contributed by atoms with Crippen molar-refractivity contribution in [2.24, 2.45) is 5.92 Å². The van der Waals surface area contributed by atoms with Crippen molar-refractivity contribution in [2.45, 2.75) is 46.2 Å². The molecule has 2 aromatic heterocycles.